The molecule has 1 unspecified atom stereocenters. The molecule has 29 heavy (non-hydrogen) atoms. The van der Waals surface area contributed by atoms with Crippen molar-refractivity contribution in [3.63, 3.8) is 0 Å². The second-order valence-corrected chi connectivity index (χ2v) is 9.15. The minimum atomic E-state index is -0.0838. The lowest BCUT2D eigenvalue weighted by Crippen LogP contribution is -2.29. The first-order valence-corrected chi connectivity index (χ1v) is 11.5. The SMILES string of the molecule is C=CCn1c(SCC(=O)NC(C)c2ccccc2)nc2sc3c(c2c1=O)CCC3. The van der Waals surface area contributed by atoms with Crippen LogP contribution in [0, 0.1) is 0 Å². The number of rotatable bonds is 7. The molecule has 1 atom stereocenters. The highest BCUT2D eigenvalue weighted by Crippen LogP contribution is 2.35. The van der Waals surface area contributed by atoms with Gasteiger partial charge in [-0.2, -0.15) is 0 Å². The van der Waals surface area contributed by atoms with Gasteiger partial charge in [-0.25, -0.2) is 4.98 Å². The Balaban J connectivity index is 1.54. The number of carbonyl (C=O) groups excluding carboxylic acids is 1. The number of fused-ring (bicyclic) bond motifs is 3. The fourth-order valence-electron chi connectivity index (χ4n) is 3.70. The van der Waals surface area contributed by atoms with Crippen LogP contribution in [0.3, 0.4) is 0 Å². The van der Waals surface area contributed by atoms with Crippen molar-refractivity contribution >= 4 is 39.2 Å². The van der Waals surface area contributed by atoms with Crippen molar-refractivity contribution in [1.29, 1.82) is 0 Å². The quantitative estimate of drug-likeness (QED) is 0.352. The number of aromatic nitrogens is 2. The Hall–Kier alpha value is -2.38. The van der Waals surface area contributed by atoms with Gasteiger partial charge in [-0.1, -0.05) is 48.2 Å². The van der Waals surface area contributed by atoms with Crippen molar-refractivity contribution in [3.8, 4) is 0 Å². The van der Waals surface area contributed by atoms with Crippen molar-refractivity contribution < 1.29 is 4.79 Å². The number of allylic oxidation sites excluding steroid dienone is 1. The minimum Gasteiger partial charge on any atom is -0.349 e. The van der Waals surface area contributed by atoms with Gasteiger partial charge in [0.1, 0.15) is 4.83 Å². The van der Waals surface area contributed by atoms with Crippen LogP contribution >= 0.6 is 23.1 Å². The Bertz CT molecular complexity index is 1120. The number of carbonyl (C=O) groups is 1. The molecule has 2 aromatic heterocycles. The maximum absolute atomic E-state index is 13.1. The highest BCUT2D eigenvalue weighted by atomic mass is 32.2. The van der Waals surface area contributed by atoms with E-state index in [0.29, 0.717) is 11.7 Å². The molecule has 2 heterocycles. The summed E-state index contributed by atoms with van der Waals surface area (Å²) in [5, 5.41) is 4.34. The van der Waals surface area contributed by atoms with E-state index in [9.17, 15) is 9.59 Å². The zero-order valence-electron chi connectivity index (χ0n) is 16.3. The average molecular weight is 426 g/mol. The monoisotopic (exact) mass is 425 g/mol. The maximum Gasteiger partial charge on any atom is 0.263 e. The highest BCUT2D eigenvalue weighted by Gasteiger charge is 2.23. The van der Waals surface area contributed by atoms with Crippen molar-refractivity contribution in [3.05, 3.63) is 69.3 Å². The maximum atomic E-state index is 13.1. The van der Waals surface area contributed by atoms with Crippen LogP contribution in [0.15, 0.2) is 52.9 Å². The molecule has 7 heteroatoms. The summed E-state index contributed by atoms with van der Waals surface area (Å²) in [6, 6.07) is 9.78. The predicted molar refractivity (Wildman–Crippen MR) is 120 cm³/mol. The van der Waals surface area contributed by atoms with E-state index in [1.54, 1.807) is 22.0 Å². The third-order valence-corrected chi connectivity index (χ3v) is 7.27. The lowest BCUT2D eigenvalue weighted by molar-refractivity contribution is -0.119. The molecule has 1 N–H and O–H groups in total. The number of nitrogens with zero attached hydrogens (tertiary/aromatic N) is 2. The van der Waals surface area contributed by atoms with Gasteiger partial charge in [0.25, 0.3) is 5.56 Å². The van der Waals surface area contributed by atoms with Crippen LogP contribution in [0.5, 0.6) is 0 Å². The predicted octanol–water partition coefficient (Wildman–Crippen LogP) is 4.10. The molecule has 150 valence electrons. The molecule has 0 bridgehead atoms. The van der Waals surface area contributed by atoms with E-state index in [1.807, 2.05) is 37.3 Å². The zero-order chi connectivity index (χ0) is 20.4. The summed E-state index contributed by atoms with van der Waals surface area (Å²) in [4.78, 5) is 32.4. The number of benzene rings is 1. The zero-order valence-corrected chi connectivity index (χ0v) is 17.9. The van der Waals surface area contributed by atoms with E-state index in [2.05, 4.69) is 11.9 Å². The van der Waals surface area contributed by atoms with Crippen LogP contribution in [-0.4, -0.2) is 21.2 Å². The lowest BCUT2D eigenvalue weighted by atomic mass is 10.1. The van der Waals surface area contributed by atoms with Crippen molar-refractivity contribution in [1.82, 2.24) is 14.9 Å². The Morgan fingerprint density at radius 3 is 2.93 bits per heavy atom. The third-order valence-electron chi connectivity index (χ3n) is 5.11. The molecule has 0 spiro atoms. The number of thiophene rings is 1. The fourth-order valence-corrected chi connectivity index (χ4v) is 5.82. The summed E-state index contributed by atoms with van der Waals surface area (Å²) in [5.41, 5.74) is 2.21. The number of hydrogen-bond acceptors (Lipinski definition) is 5. The number of thioether (sulfide) groups is 1. The largest absolute Gasteiger partial charge is 0.349 e. The lowest BCUT2D eigenvalue weighted by Gasteiger charge is -2.15. The minimum absolute atomic E-state index is 0.0186. The van der Waals surface area contributed by atoms with E-state index in [1.165, 1.54) is 22.2 Å². The normalized spacial score (nSPS) is 14.0. The first-order valence-electron chi connectivity index (χ1n) is 9.71. The van der Waals surface area contributed by atoms with Crippen molar-refractivity contribution in [2.24, 2.45) is 0 Å². The van der Waals surface area contributed by atoms with Crippen LogP contribution in [0.25, 0.3) is 10.2 Å². The standard InChI is InChI=1S/C22H23N3O2S2/c1-3-12-25-21(27)19-16-10-7-11-17(16)29-20(19)24-22(25)28-13-18(26)23-14(2)15-8-5-4-6-9-15/h3-6,8-9,14H,1,7,10-13H2,2H3,(H,23,26). The van der Waals surface area contributed by atoms with Crippen LogP contribution in [0.4, 0.5) is 0 Å². The molecule has 1 aliphatic carbocycles. The molecule has 0 saturated carbocycles. The summed E-state index contributed by atoms with van der Waals surface area (Å²) in [7, 11) is 0. The number of hydrogen-bond donors (Lipinski definition) is 1. The number of aryl methyl sites for hydroxylation is 2. The summed E-state index contributed by atoms with van der Waals surface area (Å²) in [5.74, 6) is 0.122. The molecular weight excluding hydrogens is 402 g/mol. The summed E-state index contributed by atoms with van der Waals surface area (Å²) >= 11 is 2.92. The Labute approximate surface area is 177 Å². The number of nitrogens with one attached hydrogen (secondary N) is 1. The molecule has 3 aromatic rings. The van der Waals surface area contributed by atoms with Gasteiger partial charge in [-0.15, -0.1) is 17.9 Å². The summed E-state index contributed by atoms with van der Waals surface area (Å²) < 4.78 is 1.64. The van der Waals surface area contributed by atoms with E-state index in [0.717, 1.165) is 35.0 Å². The molecule has 0 fully saturated rings. The van der Waals surface area contributed by atoms with E-state index in [-0.39, 0.29) is 23.3 Å². The Kier molecular flexibility index (Phi) is 5.87. The van der Waals surface area contributed by atoms with Crippen molar-refractivity contribution in [2.45, 2.75) is 43.9 Å². The fraction of sp³-hybridized carbons (Fsp3) is 0.318. The van der Waals surface area contributed by atoms with Gasteiger partial charge in [0.05, 0.1) is 17.2 Å². The summed E-state index contributed by atoms with van der Waals surface area (Å²) in [6.07, 6.45) is 4.78. The molecule has 5 nitrogen and oxygen atoms in total. The smallest absolute Gasteiger partial charge is 0.263 e. The molecule has 4 rings (SSSR count). The van der Waals surface area contributed by atoms with E-state index in [4.69, 9.17) is 4.98 Å². The topological polar surface area (TPSA) is 64.0 Å². The number of amides is 1. The molecule has 0 aliphatic heterocycles. The van der Waals surface area contributed by atoms with Crippen LogP contribution in [0.1, 0.15) is 35.4 Å². The average Bonchev–Trinajstić information content (AvgIpc) is 3.30. The molecular formula is C22H23N3O2S2. The van der Waals surface area contributed by atoms with E-state index >= 15 is 0 Å². The first-order chi connectivity index (χ1) is 14.1. The van der Waals surface area contributed by atoms with Crippen LogP contribution in [-0.2, 0) is 24.2 Å². The Morgan fingerprint density at radius 2 is 2.17 bits per heavy atom. The molecule has 0 saturated heterocycles. The first kappa shape index (κ1) is 19.9. The second kappa shape index (κ2) is 8.55. The van der Waals surface area contributed by atoms with Gasteiger partial charge in [0, 0.05) is 11.4 Å². The van der Waals surface area contributed by atoms with Gasteiger partial charge in [-0.3, -0.25) is 14.2 Å². The van der Waals surface area contributed by atoms with Gasteiger partial charge in [0.2, 0.25) is 5.91 Å². The third kappa shape index (κ3) is 4.02. The molecule has 0 radical (unpaired) electrons. The van der Waals surface area contributed by atoms with Gasteiger partial charge in [0.15, 0.2) is 5.16 Å². The van der Waals surface area contributed by atoms with Gasteiger partial charge in [-0.05, 0) is 37.3 Å². The molecule has 1 amide bonds. The van der Waals surface area contributed by atoms with Gasteiger partial charge >= 0.3 is 0 Å². The Morgan fingerprint density at radius 1 is 1.38 bits per heavy atom. The summed E-state index contributed by atoms with van der Waals surface area (Å²) in [6.45, 7) is 6.12. The van der Waals surface area contributed by atoms with Crippen LogP contribution in [0.2, 0.25) is 0 Å². The second-order valence-electron chi connectivity index (χ2n) is 7.12. The van der Waals surface area contributed by atoms with Crippen LogP contribution < -0.4 is 10.9 Å². The van der Waals surface area contributed by atoms with Crippen molar-refractivity contribution in [2.75, 3.05) is 5.75 Å². The molecule has 1 aromatic carbocycles. The molecule has 1 aliphatic rings. The van der Waals surface area contributed by atoms with Gasteiger partial charge < -0.3 is 5.32 Å². The highest BCUT2D eigenvalue weighted by molar-refractivity contribution is 7.99. The van der Waals surface area contributed by atoms with E-state index < -0.39 is 0 Å².